The van der Waals surface area contributed by atoms with Gasteiger partial charge in [0.1, 0.15) is 5.82 Å². The van der Waals surface area contributed by atoms with Crippen molar-refractivity contribution >= 4 is 22.7 Å². The summed E-state index contributed by atoms with van der Waals surface area (Å²) in [6, 6.07) is 5.94. The lowest BCUT2D eigenvalue weighted by Gasteiger charge is -2.31. The van der Waals surface area contributed by atoms with Crippen molar-refractivity contribution in [3.05, 3.63) is 42.7 Å². The predicted molar refractivity (Wildman–Crippen MR) is 97.2 cm³/mol. The number of pyridine rings is 2. The summed E-state index contributed by atoms with van der Waals surface area (Å²) in [5.41, 5.74) is 0.952. The van der Waals surface area contributed by atoms with Crippen LogP contribution in [0.3, 0.4) is 0 Å². The molecule has 130 valence electrons. The monoisotopic (exact) mass is 337 g/mol. The minimum Gasteiger partial charge on any atom is -0.466 e. The highest BCUT2D eigenvalue weighted by atomic mass is 16.5. The third-order valence-electron chi connectivity index (χ3n) is 5.47. The average Bonchev–Trinajstić information content (AvgIpc) is 3.05. The molecule has 1 aliphatic heterocycles. The second-order valence-corrected chi connectivity index (χ2v) is 6.96. The first-order valence-electron chi connectivity index (χ1n) is 8.98. The molecule has 0 amide bonds. The third-order valence-corrected chi connectivity index (χ3v) is 5.47. The zero-order valence-corrected chi connectivity index (χ0v) is 14.6. The van der Waals surface area contributed by atoms with E-state index in [1.54, 1.807) is 6.20 Å². The van der Waals surface area contributed by atoms with Gasteiger partial charge in [-0.15, -0.1) is 0 Å². The van der Waals surface area contributed by atoms with Gasteiger partial charge in [-0.05, 0) is 42.9 Å². The van der Waals surface area contributed by atoms with Crippen LogP contribution in [-0.2, 0) is 9.53 Å². The van der Waals surface area contributed by atoms with Gasteiger partial charge in [0.15, 0.2) is 0 Å². The number of carbonyl (C=O) groups excluding carboxylic acids is 1. The molecule has 0 bridgehead atoms. The summed E-state index contributed by atoms with van der Waals surface area (Å²) in [6.07, 6.45) is 8.06. The second kappa shape index (κ2) is 6.47. The molecule has 3 heterocycles. The summed E-state index contributed by atoms with van der Waals surface area (Å²) < 4.78 is 5.35. The SMILES string of the molecule is CCOC(=O)[C@@H]1[C@H]2CN(c3nccc4ncccc34)C[C@@H]2C=C[C@@H]1C. The summed E-state index contributed by atoms with van der Waals surface area (Å²) in [7, 11) is 0. The number of hydrogen-bond acceptors (Lipinski definition) is 5. The van der Waals surface area contributed by atoms with Crippen molar-refractivity contribution in [2.24, 2.45) is 23.7 Å². The van der Waals surface area contributed by atoms with Crippen molar-refractivity contribution in [3.63, 3.8) is 0 Å². The molecule has 5 nitrogen and oxygen atoms in total. The molecule has 0 N–H and O–H groups in total. The van der Waals surface area contributed by atoms with Crippen LogP contribution in [0.15, 0.2) is 42.7 Å². The maximum absolute atomic E-state index is 12.5. The molecule has 1 aliphatic carbocycles. The summed E-state index contributed by atoms with van der Waals surface area (Å²) >= 11 is 0. The summed E-state index contributed by atoms with van der Waals surface area (Å²) in [5, 5.41) is 1.06. The van der Waals surface area contributed by atoms with Gasteiger partial charge in [0.2, 0.25) is 0 Å². The fourth-order valence-corrected chi connectivity index (χ4v) is 4.31. The number of anilines is 1. The van der Waals surface area contributed by atoms with Crippen molar-refractivity contribution in [2.45, 2.75) is 13.8 Å². The number of esters is 1. The Bertz CT molecular complexity index is 814. The lowest BCUT2D eigenvalue weighted by Crippen LogP contribution is -2.37. The largest absolute Gasteiger partial charge is 0.466 e. The maximum Gasteiger partial charge on any atom is 0.309 e. The first kappa shape index (κ1) is 16.1. The van der Waals surface area contributed by atoms with Crippen LogP contribution in [0.1, 0.15) is 13.8 Å². The van der Waals surface area contributed by atoms with E-state index in [2.05, 4.69) is 40.0 Å². The van der Waals surface area contributed by atoms with E-state index in [4.69, 9.17) is 4.74 Å². The van der Waals surface area contributed by atoms with Gasteiger partial charge in [-0.1, -0.05) is 19.1 Å². The highest BCUT2D eigenvalue weighted by molar-refractivity contribution is 5.89. The number of hydrogen-bond donors (Lipinski definition) is 0. The maximum atomic E-state index is 12.5. The van der Waals surface area contributed by atoms with Gasteiger partial charge in [-0.3, -0.25) is 9.78 Å². The molecule has 2 aromatic heterocycles. The molecule has 5 heteroatoms. The van der Waals surface area contributed by atoms with Gasteiger partial charge in [-0.25, -0.2) is 4.98 Å². The van der Waals surface area contributed by atoms with E-state index in [0.29, 0.717) is 12.5 Å². The lowest BCUT2D eigenvalue weighted by molar-refractivity contribution is -0.151. The smallest absolute Gasteiger partial charge is 0.309 e. The van der Waals surface area contributed by atoms with E-state index < -0.39 is 0 Å². The van der Waals surface area contributed by atoms with Crippen molar-refractivity contribution in [1.29, 1.82) is 0 Å². The van der Waals surface area contributed by atoms with E-state index in [1.165, 1.54) is 0 Å². The van der Waals surface area contributed by atoms with Crippen LogP contribution in [0.2, 0.25) is 0 Å². The summed E-state index contributed by atoms with van der Waals surface area (Å²) in [6.45, 7) is 6.11. The Balaban J connectivity index is 1.65. The minimum absolute atomic E-state index is 0.0660. The molecule has 25 heavy (non-hydrogen) atoms. The molecule has 2 aliphatic rings. The van der Waals surface area contributed by atoms with Crippen LogP contribution >= 0.6 is 0 Å². The van der Waals surface area contributed by atoms with Crippen LogP contribution in [0.5, 0.6) is 0 Å². The summed E-state index contributed by atoms with van der Waals surface area (Å²) in [4.78, 5) is 23.9. The Hall–Kier alpha value is -2.43. The number of ether oxygens (including phenoxy) is 1. The highest BCUT2D eigenvalue weighted by Gasteiger charge is 2.45. The second-order valence-electron chi connectivity index (χ2n) is 6.96. The highest BCUT2D eigenvalue weighted by Crippen LogP contribution is 2.41. The first-order chi connectivity index (χ1) is 12.2. The lowest BCUT2D eigenvalue weighted by atomic mass is 9.72. The molecule has 4 rings (SSSR count). The van der Waals surface area contributed by atoms with Crippen LogP contribution in [0, 0.1) is 23.7 Å². The van der Waals surface area contributed by atoms with E-state index in [1.807, 2.05) is 25.3 Å². The topological polar surface area (TPSA) is 55.3 Å². The Morgan fingerprint density at radius 3 is 2.96 bits per heavy atom. The molecular weight excluding hydrogens is 314 g/mol. The standard InChI is InChI=1S/C20H23N3O2/c1-3-25-20(24)18-13(2)6-7-14-11-23(12-16(14)18)19-15-5-4-9-21-17(15)8-10-22-19/h4-10,13-14,16,18H,3,11-12H2,1-2H3/t13-,14-,16-,18-/m0/s1. The van der Waals surface area contributed by atoms with Crippen molar-refractivity contribution in [2.75, 3.05) is 24.6 Å². The average molecular weight is 337 g/mol. The molecule has 0 spiro atoms. The van der Waals surface area contributed by atoms with E-state index in [-0.39, 0.29) is 23.7 Å². The van der Waals surface area contributed by atoms with Crippen LogP contribution in [0.4, 0.5) is 5.82 Å². The number of allylic oxidation sites excluding steroid dienone is 1. The fraction of sp³-hybridized carbons (Fsp3) is 0.450. The van der Waals surface area contributed by atoms with Gasteiger partial charge in [0.05, 0.1) is 18.0 Å². The van der Waals surface area contributed by atoms with Crippen molar-refractivity contribution < 1.29 is 9.53 Å². The molecule has 0 aromatic carbocycles. The first-order valence-corrected chi connectivity index (χ1v) is 8.98. The van der Waals surface area contributed by atoms with E-state index in [9.17, 15) is 4.79 Å². The zero-order chi connectivity index (χ0) is 17.4. The van der Waals surface area contributed by atoms with E-state index >= 15 is 0 Å². The van der Waals surface area contributed by atoms with Gasteiger partial charge in [-0.2, -0.15) is 0 Å². The fourth-order valence-electron chi connectivity index (χ4n) is 4.31. The predicted octanol–water partition coefficient (Wildman–Crippen LogP) is 3.07. The number of aromatic nitrogens is 2. The van der Waals surface area contributed by atoms with E-state index in [0.717, 1.165) is 29.8 Å². The van der Waals surface area contributed by atoms with Crippen molar-refractivity contribution in [3.8, 4) is 0 Å². The normalized spacial score (nSPS) is 28.2. The number of fused-ring (bicyclic) bond motifs is 2. The summed E-state index contributed by atoms with van der Waals surface area (Å²) in [5.74, 6) is 1.66. The Morgan fingerprint density at radius 2 is 2.12 bits per heavy atom. The molecular formula is C20H23N3O2. The Kier molecular flexibility index (Phi) is 4.15. The number of carbonyl (C=O) groups is 1. The van der Waals surface area contributed by atoms with Gasteiger partial charge >= 0.3 is 5.97 Å². The van der Waals surface area contributed by atoms with Gasteiger partial charge in [0, 0.05) is 30.9 Å². The molecule has 1 saturated heterocycles. The van der Waals surface area contributed by atoms with Crippen LogP contribution in [0.25, 0.3) is 10.9 Å². The van der Waals surface area contributed by atoms with Crippen LogP contribution in [-0.4, -0.2) is 35.6 Å². The van der Waals surface area contributed by atoms with Gasteiger partial charge in [0.25, 0.3) is 0 Å². The zero-order valence-electron chi connectivity index (χ0n) is 14.6. The van der Waals surface area contributed by atoms with Crippen molar-refractivity contribution in [1.82, 2.24) is 9.97 Å². The molecule has 0 radical (unpaired) electrons. The third kappa shape index (κ3) is 2.77. The van der Waals surface area contributed by atoms with Crippen LogP contribution < -0.4 is 4.90 Å². The molecule has 2 aromatic rings. The molecule has 0 unspecified atom stereocenters. The molecule has 4 atom stereocenters. The number of rotatable bonds is 3. The molecule has 1 fully saturated rings. The Labute approximate surface area is 147 Å². The minimum atomic E-state index is -0.0759. The Morgan fingerprint density at radius 1 is 1.24 bits per heavy atom. The molecule has 0 saturated carbocycles. The quantitative estimate of drug-likeness (QED) is 0.636. The van der Waals surface area contributed by atoms with Gasteiger partial charge < -0.3 is 9.64 Å². The number of nitrogens with zero attached hydrogens (tertiary/aromatic N) is 3.